The van der Waals surface area contributed by atoms with Crippen LogP contribution >= 0.6 is 12.4 Å². The number of hydrogen-bond donors (Lipinski definition) is 2. The Balaban J connectivity index is 0.00000240. The number of rotatable bonds is 6. The summed E-state index contributed by atoms with van der Waals surface area (Å²) in [5.41, 5.74) is 8.84. The maximum Gasteiger partial charge on any atom is 0.240 e. The summed E-state index contributed by atoms with van der Waals surface area (Å²) >= 11 is 0. The van der Waals surface area contributed by atoms with Crippen molar-refractivity contribution in [1.29, 1.82) is 0 Å². The summed E-state index contributed by atoms with van der Waals surface area (Å²) in [6.07, 6.45) is 8.83. The summed E-state index contributed by atoms with van der Waals surface area (Å²) < 4.78 is 5.12. The minimum Gasteiger partial charge on any atom is -0.364 e. The number of nitrogens with two attached hydrogens (primary N) is 1. The van der Waals surface area contributed by atoms with Crippen LogP contribution in [0.4, 0.5) is 11.4 Å². The predicted octanol–water partition coefficient (Wildman–Crippen LogP) is 3.81. The van der Waals surface area contributed by atoms with Crippen molar-refractivity contribution in [2.45, 2.75) is 64.5 Å². The Morgan fingerprint density at radius 3 is 2.83 bits per heavy atom. The lowest BCUT2D eigenvalue weighted by molar-refractivity contribution is -0.117. The number of halogens is 1. The fraction of sp³-hybridized carbons (Fsp3) is 0.571. The molecule has 8 heteroatoms. The lowest BCUT2D eigenvalue weighted by atomic mass is 9.87. The molecule has 1 aliphatic heterocycles. The third-order valence-electron chi connectivity index (χ3n) is 5.84. The van der Waals surface area contributed by atoms with Gasteiger partial charge in [-0.1, -0.05) is 30.5 Å². The highest BCUT2D eigenvalue weighted by molar-refractivity contribution is 5.92. The van der Waals surface area contributed by atoms with Crippen molar-refractivity contribution in [2.24, 2.45) is 11.7 Å². The van der Waals surface area contributed by atoms with Crippen LogP contribution < -0.4 is 16.0 Å². The first kappa shape index (κ1) is 21.6. The third kappa shape index (κ3) is 5.28. The average molecular weight is 420 g/mol. The molecule has 1 fully saturated rings. The Bertz CT molecular complexity index is 819. The van der Waals surface area contributed by atoms with Gasteiger partial charge in [-0.2, -0.15) is 4.98 Å². The van der Waals surface area contributed by atoms with Crippen molar-refractivity contribution in [2.75, 3.05) is 16.8 Å². The molecule has 0 radical (unpaired) electrons. The number of anilines is 2. The molecule has 0 saturated heterocycles. The first-order valence-corrected chi connectivity index (χ1v) is 10.4. The molecule has 0 unspecified atom stereocenters. The van der Waals surface area contributed by atoms with E-state index in [9.17, 15) is 4.79 Å². The molecule has 1 aliphatic carbocycles. The van der Waals surface area contributed by atoms with E-state index < -0.39 is 0 Å². The first-order valence-electron chi connectivity index (χ1n) is 10.4. The van der Waals surface area contributed by atoms with Gasteiger partial charge in [0, 0.05) is 24.3 Å². The number of nitrogens with one attached hydrogen (secondary N) is 1. The van der Waals surface area contributed by atoms with Crippen molar-refractivity contribution in [3.05, 3.63) is 35.5 Å². The van der Waals surface area contributed by atoms with Crippen molar-refractivity contribution >= 4 is 29.7 Å². The van der Waals surface area contributed by atoms with Crippen LogP contribution in [-0.4, -0.2) is 22.6 Å². The van der Waals surface area contributed by atoms with Gasteiger partial charge in [0.05, 0.1) is 13.1 Å². The number of fused-ring (bicyclic) bond motifs is 1. The van der Waals surface area contributed by atoms with E-state index in [-0.39, 0.29) is 24.9 Å². The highest BCUT2D eigenvalue weighted by atomic mass is 35.5. The molecule has 1 amide bonds. The molecule has 4 rings (SSSR count). The molecule has 2 aromatic rings. The predicted molar refractivity (Wildman–Crippen MR) is 115 cm³/mol. The molecular formula is C21H30ClN5O2. The lowest BCUT2D eigenvalue weighted by Gasteiger charge is -2.31. The largest absolute Gasteiger partial charge is 0.364 e. The molecule has 1 aromatic carbocycles. The Kier molecular flexibility index (Phi) is 7.50. The summed E-state index contributed by atoms with van der Waals surface area (Å²) in [4.78, 5) is 19.2. The second-order valence-electron chi connectivity index (χ2n) is 7.89. The Morgan fingerprint density at radius 1 is 1.24 bits per heavy atom. The third-order valence-corrected chi connectivity index (χ3v) is 5.84. The molecule has 1 aromatic heterocycles. The van der Waals surface area contributed by atoms with E-state index in [1.165, 1.54) is 37.7 Å². The summed E-state index contributed by atoms with van der Waals surface area (Å²) in [5, 5.41) is 7.20. The minimum atomic E-state index is 0. The highest BCUT2D eigenvalue weighted by Gasteiger charge is 2.23. The quantitative estimate of drug-likeness (QED) is 0.738. The summed E-state index contributed by atoms with van der Waals surface area (Å²) in [6, 6.07) is 6.13. The number of benzene rings is 1. The normalized spacial score (nSPS) is 16.8. The second kappa shape index (κ2) is 10.1. The van der Waals surface area contributed by atoms with E-state index >= 15 is 0 Å². The van der Waals surface area contributed by atoms with Gasteiger partial charge in [0.25, 0.3) is 0 Å². The topological polar surface area (TPSA) is 97.3 Å². The molecule has 0 atom stereocenters. The van der Waals surface area contributed by atoms with Crippen LogP contribution in [0.25, 0.3) is 0 Å². The van der Waals surface area contributed by atoms with Gasteiger partial charge in [-0.15, -0.1) is 12.4 Å². The standard InChI is InChI=1S/C21H29N5O2.ClH/c22-13-21-24-19(25-28-21)14-26-11-5-8-16-17(9-4-10-18(16)26)23-20(27)12-15-6-2-1-3-7-15;/h4,9-10,15H,1-3,5-8,11-14,22H2,(H,23,27);1H. The van der Waals surface area contributed by atoms with Crippen LogP contribution in [0.3, 0.4) is 0 Å². The van der Waals surface area contributed by atoms with E-state index in [4.69, 9.17) is 10.3 Å². The van der Waals surface area contributed by atoms with E-state index in [2.05, 4.69) is 26.4 Å². The van der Waals surface area contributed by atoms with Crippen molar-refractivity contribution in [3.8, 4) is 0 Å². The average Bonchev–Trinajstić information content (AvgIpc) is 3.17. The molecule has 0 spiro atoms. The van der Waals surface area contributed by atoms with Gasteiger partial charge in [0.15, 0.2) is 5.82 Å². The fourth-order valence-electron chi connectivity index (χ4n) is 4.44. The highest BCUT2D eigenvalue weighted by Crippen LogP contribution is 2.34. The number of carbonyl (C=O) groups excluding carboxylic acids is 1. The molecule has 3 N–H and O–H groups in total. The lowest BCUT2D eigenvalue weighted by Crippen LogP contribution is -2.30. The van der Waals surface area contributed by atoms with Crippen molar-refractivity contribution < 1.29 is 9.32 Å². The molecular weight excluding hydrogens is 390 g/mol. The first-order chi connectivity index (χ1) is 13.7. The Morgan fingerprint density at radius 2 is 2.07 bits per heavy atom. The van der Waals surface area contributed by atoms with Gasteiger partial charge in [0.1, 0.15) is 0 Å². The van der Waals surface area contributed by atoms with Gasteiger partial charge in [-0.05, 0) is 49.3 Å². The van der Waals surface area contributed by atoms with Gasteiger partial charge in [-0.25, -0.2) is 0 Å². The smallest absolute Gasteiger partial charge is 0.240 e. The summed E-state index contributed by atoms with van der Waals surface area (Å²) in [7, 11) is 0. The molecule has 158 valence electrons. The molecule has 1 saturated carbocycles. The number of hydrogen-bond acceptors (Lipinski definition) is 6. The van der Waals surface area contributed by atoms with Crippen LogP contribution in [0.1, 0.15) is 62.2 Å². The monoisotopic (exact) mass is 419 g/mol. The Hall–Kier alpha value is -2.12. The van der Waals surface area contributed by atoms with Crippen LogP contribution in [0, 0.1) is 5.92 Å². The maximum atomic E-state index is 12.6. The molecule has 7 nitrogen and oxygen atoms in total. The fourth-order valence-corrected chi connectivity index (χ4v) is 4.44. The van der Waals surface area contributed by atoms with E-state index in [1.807, 2.05) is 12.1 Å². The van der Waals surface area contributed by atoms with Crippen LogP contribution in [0.15, 0.2) is 22.7 Å². The van der Waals surface area contributed by atoms with Gasteiger partial charge in [-0.3, -0.25) is 4.79 Å². The van der Waals surface area contributed by atoms with Crippen LogP contribution in [0.2, 0.25) is 0 Å². The summed E-state index contributed by atoms with van der Waals surface area (Å²) in [6.45, 7) is 1.76. The van der Waals surface area contributed by atoms with Gasteiger partial charge in [0.2, 0.25) is 11.8 Å². The van der Waals surface area contributed by atoms with Gasteiger partial charge < -0.3 is 20.5 Å². The van der Waals surface area contributed by atoms with Gasteiger partial charge >= 0.3 is 0 Å². The molecule has 2 aliphatic rings. The second-order valence-corrected chi connectivity index (χ2v) is 7.89. The SMILES string of the molecule is Cl.NCc1nc(CN2CCCc3c(NC(=O)CC4CCCCC4)cccc32)no1. The number of amides is 1. The van der Waals surface area contributed by atoms with Crippen LogP contribution in [-0.2, 0) is 24.3 Å². The summed E-state index contributed by atoms with van der Waals surface area (Å²) in [5.74, 6) is 1.78. The van der Waals surface area contributed by atoms with E-state index in [1.54, 1.807) is 0 Å². The maximum absolute atomic E-state index is 12.6. The van der Waals surface area contributed by atoms with Crippen LogP contribution in [0.5, 0.6) is 0 Å². The zero-order valence-electron chi connectivity index (χ0n) is 16.7. The molecule has 2 heterocycles. The van der Waals surface area contributed by atoms with E-state index in [0.717, 1.165) is 30.8 Å². The zero-order chi connectivity index (χ0) is 19.3. The van der Waals surface area contributed by atoms with Crippen molar-refractivity contribution in [3.63, 3.8) is 0 Å². The molecule has 0 bridgehead atoms. The number of aromatic nitrogens is 2. The van der Waals surface area contributed by atoms with E-state index in [0.29, 0.717) is 30.6 Å². The minimum absolute atomic E-state index is 0. The zero-order valence-corrected chi connectivity index (χ0v) is 17.5. The number of carbonyl (C=O) groups is 1. The Labute approximate surface area is 177 Å². The number of nitrogens with zero attached hydrogens (tertiary/aromatic N) is 3. The van der Waals surface area contributed by atoms with Crippen molar-refractivity contribution in [1.82, 2.24) is 10.1 Å². The molecule has 29 heavy (non-hydrogen) atoms.